The Labute approximate surface area is 309 Å². The summed E-state index contributed by atoms with van der Waals surface area (Å²) in [7, 11) is 0. The van der Waals surface area contributed by atoms with Gasteiger partial charge in [-0.25, -0.2) is 0 Å². The molecule has 0 saturated heterocycles. The fourth-order valence-electron chi connectivity index (χ4n) is 6.64. The number of fused-ring (bicyclic) bond motifs is 9. The minimum absolute atomic E-state index is 0. The number of thiophene rings is 1. The zero-order valence-corrected chi connectivity index (χ0v) is 30.5. The molecule has 0 aliphatic carbocycles. The number of furan rings is 1. The average Bonchev–Trinajstić information content (AvgIpc) is 3.71. The Bertz CT molecular complexity index is 2870. The van der Waals surface area contributed by atoms with Gasteiger partial charge in [-0.05, 0) is 53.0 Å². The summed E-state index contributed by atoms with van der Waals surface area (Å²) in [6.07, 6.45) is 3.58. The van der Waals surface area contributed by atoms with Crippen molar-refractivity contribution in [3.05, 3.63) is 157 Å². The third-order valence-corrected chi connectivity index (χ3v) is 10.3. The quantitative estimate of drug-likeness (QED) is 0.131. The van der Waals surface area contributed by atoms with Crippen molar-refractivity contribution in [1.29, 1.82) is 0 Å². The first-order chi connectivity index (χ1) is 24.4. The standard InChI is InChI=1S/C23H12NOS.C22H18N.Ir/c1-2-10-21-14(6-1)18-12-20-17(13-22(18)26-21)15-7-5-8-16(23(15)25-20)19-9-3-4-11-24-19;1-15(2)17-11-12-23-22(14-17)19-9-10-21-18(13-19)8-7-16-5-3-4-6-20(16)21;/h1-7,9-13H;3-8,10-15H,1-2H3;/q2*-1;/i;15D;. The summed E-state index contributed by atoms with van der Waals surface area (Å²) in [6, 6.07) is 50.3. The molecule has 10 rings (SSSR count). The molecule has 0 atom stereocenters. The Balaban J connectivity index is 0.000000144. The van der Waals surface area contributed by atoms with Crippen LogP contribution >= 0.6 is 11.3 Å². The normalized spacial score (nSPS) is 11.9. The molecule has 0 spiro atoms. The fourth-order valence-corrected chi connectivity index (χ4v) is 7.77. The van der Waals surface area contributed by atoms with Gasteiger partial charge in [0, 0.05) is 59.4 Å². The van der Waals surface area contributed by atoms with E-state index < -0.39 is 5.89 Å². The van der Waals surface area contributed by atoms with Crippen LogP contribution in [0.15, 0.2) is 144 Å². The second-order valence-corrected chi connectivity index (χ2v) is 13.5. The summed E-state index contributed by atoms with van der Waals surface area (Å²) in [5.74, 6) is -0.634. The Morgan fingerprint density at radius 3 is 2.30 bits per heavy atom. The van der Waals surface area contributed by atoms with Crippen molar-refractivity contribution in [2.45, 2.75) is 19.7 Å². The zero-order chi connectivity index (χ0) is 33.8. The molecule has 0 aliphatic heterocycles. The van der Waals surface area contributed by atoms with Crippen LogP contribution in [0.3, 0.4) is 0 Å². The fraction of sp³-hybridized carbons (Fsp3) is 0.0667. The molecule has 1 radical (unpaired) electrons. The van der Waals surface area contributed by atoms with Gasteiger partial charge in [0.25, 0.3) is 0 Å². The number of aromatic nitrogens is 2. The van der Waals surface area contributed by atoms with Crippen LogP contribution < -0.4 is 0 Å². The minimum atomic E-state index is -0.634. The van der Waals surface area contributed by atoms with Crippen LogP contribution in [0.4, 0.5) is 0 Å². The molecule has 0 aliphatic rings. The van der Waals surface area contributed by atoms with Gasteiger partial charge in [0.1, 0.15) is 5.58 Å². The van der Waals surface area contributed by atoms with E-state index in [-0.39, 0.29) is 20.1 Å². The van der Waals surface area contributed by atoms with Crippen LogP contribution in [0.25, 0.3) is 86.2 Å². The summed E-state index contributed by atoms with van der Waals surface area (Å²) in [4.78, 5) is 8.94. The second kappa shape index (κ2) is 13.3. The molecular weight excluding hydrogens is 809 g/mol. The van der Waals surface area contributed by atoms with Gasteiger partial charge in [-0.15, -0.1) is 58.7 Å². The van der Waals surface area contributed by atoms with Gasteiger partial charge in [-0.2, -0.15) is 0 Å². The van der Waals surface area contributed by atoms with Crippen LogP contribution in [-0.2, 0) is 20.1 Å². The van der Waals surface area contributed by atoms with Crippen molar-refractivity contribution in [3.63, 3.8) is 0 Å². The number of pyridine rings is 2. The van der Waals surface area contributed by atoms with Crippen molar-refractivity contribution in [2.75, 3.05) is 0 Å². The Morgan fingerprint density at radius 2 is 1.44 bits per heavy atom. The van der Waals surface area contributed by atoms with Crippen molar-refractivity contribution in [2.24, 2.45) is 0 Å². The second-order valence-electron chi connectivity index (χ2n) is 12.4. The molecular formula is C45H30IrN2OS-2. The predicted molar refractivity (Wildman–Crippen MR) is 206 cm³/mol. The molecule has 10 aromatic rings. The number of rotatable bonds is 3. The molecule has 4 aromatic heterocycles. The van der Waals surface area contributed by atoms with Gasteiger partial charge in [0.05, 0.1) is 5.58 Å². The van der Waals surface area contributed by atoms with E-state index in [1.165, 1.54) is 41.7 Å². The van der Waals surface area contributed by atoms with Gasteiger partial charge in [0.15, 0.2) is 0 Å². The first kappa shape index (κ1) is 30.8. The van der Waals surface area contributed by atoms with E-state index in [2.05, 4.69) is 107 Å². The Kier molecular flexibility index (Phi) is 8.18. The first-order valence-corrected chi connectivity index (χ1v) is 17.1. The molecule has 50 heavy (non-hydrogen) atoms. The number of nitrogens with zero attached hydrogens (tertiary/aromatic N) is 2. The maximum atomic E-state index is 8.22. The molecule has 5 heteroatoms. The van der Waals surface area contributed by atoms with E-state index in [4.69, 9.17) is 5.79 Å². The molecule has 243 valence electrons. The van der Waals surface area contributed by atoms with Gasteiger partial charge in [-0.3, -0.25) is 0 Å². The summed E-state index contributed by atoms with van der Waals surface area (Å²) in [5, 5.41) is 9.65. The van der Waals surface area contributed by atoms with E-state index in [0.717, 1.165) is 50.0 Å². The molecule has 0 fully saturated rings. The molecule has 0 amide bonds. The van der Waals surface area contributed by atoms with E-state index in [0.29, 0.717) is 0 Å². The summed E-state index contributed by atoms with van der Waals surface area (Å²) in [6.45, 7) is 3.78. The van der Waals surface area contributed by atoms with Crippen LogP contribution in [-0.4, -0.2) is 9.97 Å². The Morgan fingerprint density at radius 1 is 0.640 bits per heavy atom. The SMILES string of the molecule is [2H]C(C)(C)c1ccnc(-c2[c-]cc3c(ccc4ccccc43)c2)c1.[Ir].[c-]1ccc2c(oc3cc4c(cc32)sc2ccccc24)c1-c1ccccn1. The molecule has 0 N–H and O–H groups in total. The third kappa shape index (κ3) is 5.68. The van der Waals surface area contributed by atoms with Crippen LogP contribution in [0, 0.1) is 12.1 Å². The van der Waals surface area contributed by atoms with Crippen LogP contribution in [0.1, 0.15) is 26.7 Å². The summed E-state index contributed by atoms with van der Waals surface area (Å²) < 4.78 is 17.1. The molecule has 6 aromatic carbocycles. The van der Waals surface area contributed by atoms with Gasteiger partial charge >= 0.3 is 0 Å². The maximum Gasteiger partial charge on any atom is 0.121 e. The van der Waals surface area contributed by atoms with Crippen molar-refractivity contribution in [3.8, 4) is 22.5 Å². The molecule has 0 saturated carbocycles. The van der Waals surface area contributed by atoms with Gasteiger partial charge in [0.2, 0.25) is 0 Å². The van der Waals surface area contributed by atoms with E-state index in [1.54, 1.807) is 12.4 Å². The zero-order valence-electron chi connectivity index (χ0n) is 28.3. The molecule has 0 unspecified atom stereocenters. The summed E-state index contributed by atoms with van der Waals surface area (Å²) in [5.41, 5.74) is 6.33. The van der Waals surface area contributed by atoms with Crippen LogP contribution in [0.5, 0.6) is 0 Å². The van der Waals surface area contributed by atoms with Crippen LogP contribution in [0.2, 0.25) is 0 Å². The maximum absolute atomic E-state index is 8.22. The average molecular weight is 840 g/mol. The monoisotopic (exact) mass is 840 g/mol. The molecule has 0 bridgehead atoms. The van der Waals surface area contributed by atoms with Gasteiger partial charge < -0.3 is 14.4 Å². The van der Waals surface area contributed by atoms with Gasteiger partial charge in [-0.1, -0.05) is 114 Å². The molecule has 4 heterocycles. The topological polar surface area (TPSA) is 38.9 Å². The minimum Gasteiger partial charge on any atom is -0.501 e. The van der Waals surface area contributed by atoms with Crippen molar-refractivity contribution >= 4 is 75.0 Å². The third-order valence-electron chi connectivity index (χ3n) is 9.14. The summed E-state index contributed by atoms with van der Waals surface area (Å²) >= 11 is 1.83. The van der Waals surface area contributed by atoms with Crippen molar-refractivity contribution < 1.29 is 25.9 Å². The molecule has 3 nitrogen and oxygen atoms in total. The van der Waals surface area contributed by atoms with E-state index in [9.17, 15) is 0 Å². The predicted octanol–water partition coefficient (Wildman–Crippen LogP) is 12.8. The van der Waals surface area contributed by atoms with E-state index >= 15 is 0 Å². The van der Waals surface area contributed by atoms with Crippen molar-refractivity contribution in [1.82, 2.24) is 9.97 Å². The Hall–Kier alpha value is -5.19. The number of hydrogen-bond acceptors (Lipinski definition) is 4. The number of hydrogen-bond donors (Lipinski definition) is 0. The largest absolute Gasteiger partial charge is 0.501 e. The first-order valence-electron chi connectivity index (χ1n) is 16.8. The number of benzene rings is 6. The smallest absolute Gasteiger partial charge is 0.121 e. The van der Waals surface area contributed by atoms with E-state index in [1.807, 2.05) is 67.6 Å².